The predicted molar refractivity (Wildman–Crippen MR) is 80.2 cm³/mol. The first-order valence-corrected chi connectivity index (χ1v) is 8.43. The lowest BCUT2D eigenvalue weighted by Crippen LogP contribution is -2.45. The summed E-state index contributed by atoms with van der Waals surface area (Å²) in [5, 5.41) is 3.11. The third-order valence-electron chi connectivity index (χ3n) is 4.26. The molecule has 1 aromatic heterocycles. The molecule has 0 spiro atoms. The molecule has 0 N–H and O–H groups in total. The first kappa shape index (κ1) is 14.9. The highest BCUT2D eigenvalue weighted by atomic mass is 32.1. The van der Waals surface area contributed by atoms with Crippen LogP contribution in [0.4, 0.5) is 0 Å². The van der Waals surface area contributed by atoms with Gasteiger partial charge in [-0.15, -0.1) is 11.3 Å². The van der Waals surface area contributed by atoms with Gasteiger partial charge in [0, 0.05) is 18.8 Å². The van der Waals surface area contributed by atoms with Crippen LogP contribution in [0.5, 0.6) is 0 Å². The van der Waals surface area contributed by atoms with Gasteiger partial charge in [0.25, 0.3) is 0 Å². The van der Waals surface area contributed by atoms with E-state index in [1.165, 1.54) is 0 Å². The van der Waals surface area contributed by atoms with Gasteiger partial charge in [0.15, 0.2) is 0 Å². The maximum Gasteiger partial charge on any atom is 0.219 e. The molecule has 0 aliphatic carbocycles. The second-order valence-electron chi connectivity index (χ2n) is 5.82. The number of carbonyl (C=O) groups excluding carboxylic acids is 1. The standard InChI is InChI=1S/C15H22N2O3S/c1-10-16-12(9-21-10)7-19-8-13-3-4-14-15(20-13)5-6-17(14)11(2)18/h9,13-15H,3-8H2,1-2H3/t13-,14+,15+/m0/s1. The highest BCUT2D eigenvalue weighted by Gasteiger charge is 2.40. The number of ether oxygens (including phenoxy) is 2. The van der Waals surface area contributed by atoms with Crippen molar-refractivity contribution in [1.82, 2.24) is 9.88 Å². The predicted octanol–water partition coefficient (Wildman–Crippen LogP) is 2.14. The molecular weight excluding hydrogens is 288 g/mol. The van der Waals surface area contributed by atoms with E-state index < -0.39 is 0 Å². The monoisotopic (exact) mass is 310 g/mol. The molecular formula is C15H22N2O3S. The average Bonchev–Trinajstić information content (AvgIpc) is 3.04. The highest BCUT2D eigenvalue weighted by Crippen LogP contribution is 2.31. The van der Waals surface area contributed by atoms with Gasteiger partial charge in [-0.25, -0.2) is 4.98 Å². The van der Waals surface area contributed by atoms with E-state index in [-0.39, 0.29) is 24.2 Å². The molecule has 6 heteroatoms. The van der Waals surface area contributed by atoms with E-state index in [4.69, 9.17) is 9.47 Å². The first-order chi connectivity index (χ1) is 10.1. The number of likely N-dealkylation sites (tertiary alicyclic amines) is 1. The number of aromatic nitrogens is 1. The summed E-state index contributed by atoms with van der Waals surface area (Å²) in [6, 6.07) is 0.278. The van der Waals surface area contributed by atoms with Crippen molar-refractivity contribution >= 4 is 17.2 Å². The molecule has 21 heavy (non-hydrogen) atoms. The Balaban J connectivity index is 1.44. The fourth-order valence-electron chi connectivity index (χ4n) is 3.28. The minimum Gasteiger partial charge on any atom is -0.372 e. The van der Waals surface area contributed by atoms with E-state index in [2.05, 4.69) is 4.98 Å². The van der Waals surface area contributed by atoms with Crippen molar-refractivity contribution in [3.05, 3.63) is 16.1 Å². The molecule has 2 fully saturated rings. The van der Waals surface area contributed by atoms with Crippen molar-refractivity contribution in [3.8, 4) is 0 Å². The fraction of sp³-hybridized carbons (Fsp3) is 0.733. The van der Waals surface area contributed by atoms with Crippen LogP contribution in [-0.2, 0) is 20.9 Å². The summed E-state index contributed by atoms with van der Waals surface area (Å²) in [4.78, 5) is 17.9. The maximum absolute atomic E-state index is 11.6. The highest BCUT2D eigenvalue weighted by molar-refractivity contribution is 7.09. The van der Waals surface area contributed by atoms with Gasteiger partial charge in [-0.1, -0.05) is 0 Å². The molecule has 0 aromatic carbocycles. The van der Waals surface area contributed by atoms with Gasteiger partial charge in [0.2, 0.25) is 5.91 Å². The van der Waals surface area contributed by atoms with Gasteiger partial charge in [-0.05, 0) is 26.2 Å². The summed E-state index contributed by atoms with van der Waals surface area (Å²) < 4.78 is 11.8. The van der Waals surface area contributed by atoms with Gasteiger partial charge in [-0.2, -0.15) is 0 Å². The Morgan fingerprint density at radius 1 is 1.52 bits per heavy atom. The summed E-state index contributed by atoms with van der Waals surface area (Å²) in [6.45, 7) is 5.64. The van der Waals surface area contributed by atoms with Crippen molar-refractivity contribution in [2.45, 2.75) is 58.0 Å². The van der Waals surface area contributed by atoms with E-state index in [9.17, 15) is 4.79 Å². The third-order valence-corrected chi connectivity index (χ3v) is 5.08. The number of hydrogen-bond donors (Lipinski definition) is 0. The number of fused-ring (bicyclic) bond motifs is 1. The van der Waals surface area contributed by atoms with E-state index >= 15 is 0 Å². The quantitative estimate of drug-likeness (QED) is 0.855. The van der Waals surface area contributed by atoms with E-state index in [1.54, 1.807) is 18.3 Å². The summed E-state index contributed by atoms with van der Waals surface area (Å²) in [7, 11) is 0. The molecule has 2 saturated heterocycles. The number of amides is 1. The Bertz CT molecular complexity index is 505. The molecule has 0 unspecified atom stereocenters. The van der Waals surface area contributed by atoms with E-state index in [1.807, 2.05) is 17.2 Å². The van der Waals surface area contributed by atoms with Crippen molar-refractivity contribution in [2.75, 3.05) is 13.2 Å². The zero-order chi connectivity index (χ0) is 14.8. The Morgan fingerprint density at radius 2 is 2.38 bits per heavy atom. The molecule has 2 aliphatic heterocycles. The van der Waals surface area contributed by atoms with Gasteiger partial charge < -0.3 is 14.4 Å². The normalized spacial score (nSPS) is 28.7. The van der Waals surface area contributed by atoms with Crippen LogP contribution < -0.4 is 0 Å². The Hall–Kier alpha value is -0.980. The third kappa shape index (κ3) is 3.44. The second kappa shape index (κ2) is 6.42. The van der Waals surface area contributed by atoms with E-state index in [0.717, 1.165) is 36.5 Å². The topological polar surface area (TPSA) is 51.7 Å². The lowest BCUT2D eigenvalue weighted by molar-refractivity contribution is -0.137. The number of hydrogen-bond acceptors (Lipinski definition) is 5. The lowest BCUT2D eigenvalue weighted by Gasteiger charge is -2.35. The van der Waals surface area contributed by atoms with E-state index in [0.29, 0.717) is 13.2 Å². The molecule has 1 amide bonds. The van der Waals surface area contributed by atoms with Crippen LogP contribution in [0.2, 0.25) is 0 Å². The van der Waals surface area contributed by atoms with Crippen molar-refractivity contribution in [3.63, 3.8) is 0 Å². The molecule has 0 bridgehead atoms. The molecule has 0 radical (unpaired) electrons. The van der Waals surface area contributed by atoms with Crippen LogP contribution in [0.3, 0.4) is 0 Å². The molecule has 3 heterocycles. The Kier molecular flexibility index (Phi) is 4.57. The molecule has 2 aliphatic rings. The lowest BCUT2D eigenvalue weighted by atomic mass is 9.99. The number of thiazole rings is 1. The summed E-state index contributed by atoms with van der Waals surface area (Å²) in [5.74, 6) is 0.166. The second-order valence-corrected chi connectivity index (χ2v) is 6.88. The minimum absolute atomic E-state index is 0.151. The summed E-state index contributed by atoms with van der Waals surface area (Å²) in [6.07, 6.45) is 3.27. The molecule has 0 saturated carbocycles. The molecule has 5 nitrogen and oxygen atoms in total. The number of carbonyl (C=O) groups is 1. The largest absolute Gasteiger partial charge is 0.372 e. The van der Waals surface area contributed by atoms with Crippen LogP contribution in [0, 0.1) is 6.92 Å². The van der Waals surface area contributed by atoms with Gasteiger partial charge in [-0.3, -0.25) is 4.79 Å². The fourth-order valence-corrected chi connectivity index (χ4v) is 3.88. The Morgan fingerprint density at radius 3 is 3.10 bits per heavy atom. The average molecular weight is 310 g/mol. The molecule has 3 atom stereocenters. The first-order valence-electron chi connectivity index (χ1n) is 7.55. The van der Waals surface area contributed by atoms with Gasteiger partial charge in [0.05, 0.1) is 42.2 Å². The molecule has 1 aromatic rings. The number of rotatable bonds is 4. The van der Waals surface area contributed by atoms with Crippen molar-refractivity contribution in [2.24, 2.45) is 0 Å². The molecule has 116 valence electrons. The van der Waals surface area contributed by atoms with Crippen molar-refractivity contribution < 1.29 is 14.3 Å². The van der Waals surface area contributed by atoms with Gasteiger partial charge >= 0.3 is 0 Å². The molecule has 3 rings (SSSR count). The van der Waals surface area contributed by atoms with Crippen LogP contribution in [0.1, 0.15) is 36.9 Å². The van der Waals surface area contributed by atoms with Gasteiger partial charge in [0.1, 0.15) is 0 Å². The van der Waals surface area contributed by atoms with Crippen LogP contribution in [-0.4, -0.2) is 47.2 Å². The zero-order valence-electron chi connectivity index (χ0n) is 12.6. The minimum atomic E-state index is 0.151. The van der Waals surface area contributed by atoms with Crippen LogP contribution in [0.15, 0.2) is 5.38 Å². The maximum atomic E-state index is 11.6. The van der Waals surface area contributed by atoms with Crippen LogP contribution in [0.25, 0.3) is 0 Å². The smallest absolute Gasteiger partial charge is 0.219 e. The van der Waals surface area contributed by atoms with Crippen molar-refractivity contribution in [1.29, 1.82) is 0 Å². The SMILES string of the molecule is CC(=O)N1CC[C@H]2O[C@H](COCc3csc(C)n3)CC[C@H]21. The Labute approximate surface area is 129 Å². The number of aryl methyl sites for hydroxylation is 1. The summed E-state index contributed by atoms with van der Waals surface area (Å²) in [5.41, 5.74) is 0.995. The van der Waals surface area contributed by atoms with Crippen LogP contribution >= 0.6 is 11.3 Å². The number of nitrogens with zero attached hydrogens (tertiary/aromatic N) is 2. The zero-order valence-corrected chi connectivity index (χ0v) is 13.4. The summed E-state index contributed by atoms with van der Waals surface area (Å²) >= 11 is 1.65.